The first-order valence-corrected chi connectivity index (χ1v) is 10.7. The summed E-state index contributed by atoms with van der Waals surface area (Å²) >= 11 is 0. The summed E-state index contributed by atoms with van der Waals surface area (Å²) in [6.45, 7) is 1.73. The lowest BCUT2D eigenvalue weighted by Gasteiger charge is -2.28. The Morgan fingerprint density at radius 3 is 2.27 bits per heavy atom. The highest BCUT2D eigenvalue weighted by Crippen LogP contribution is 2.53. The SMILES string of the molecule is CCc1ccc(NC(=O)COC(=O)[C@H]2[C@@H]3CC[C@@H](C3)[C@@H]2C(=O)c2ccccc2)cc1. The Kier molecular flexibility index (Phi) is 5.98. The molecule has 2 aliphatic carbocycles. The van der Waals surface area contributed by atoms with E-state index in [0.29, 0.717) is 11.3 Å². The van der Waals surface area contributed by atoms with Crippen molar-refractivity contribution in [3.05, 3.63) is 65.7 Å². The molecule has 2 bridgehead atoms. The smallest absolute Gasteiger partial charge is 0.310 e. The fourth-order valence-electron chi connectivity index (χ4n) is 5.06. The van der Waals surface area contributed by atoms with Gasteiger partial charge in [-0.1, -0.05) is 49.4 Å². The fraction of sp³-hybridized carbons (Fsp3) is 0.400. The lowest BCUT2D eigenvalue weighted by atomic mass is 9.75. The van der Waals surface area contributed by atoms with Gasteiger partial charge < -0.3 is 10.1 Å². The molecule has 1 amide bonds. The second kappa shape index (κ2) is 8.82. The highest BCUT2D eigenvalue weighted by Gasteiger charge is 2.54. The minimum absolute atomic E-state index is 0.0187. The van der Waals surface area contributed by atoms with Gasteiger partial charge in [0.1, 0.15) is 0 Å². The molecule has 5 heteroatoms. The third-order valence-electron chi connectivity index (χ3n) is 6.54. The molecule has 0 heterocycles. The van der Waals surface area contributed by atoms with Crippen molar-refractivity contribution in [1.29, 1.82) is 0 Å². The highest BCUT2D eigenvalue weighted by molar-refractivity contribution is 6.01. The van der Waals surface area contributed by atoms with Gasteiger partial charge in [0.2, 0.25) is 0 Å². The monoisotopic (exact) mass is 405 g/mol. The van der Waals surface area contributed by atoms with E-state index in [4.69, 9.17) is 4.74 Å². The molecule has 0 unspecified atom stereocenters. The molecular formula is C25H27NO4. The Bertz CT molecular complexity index is 922. The fourth-order valence-corrected chi connectivity index (χ4v) is 5.06. The van der Waals surface area contributed by atoms with Crippen LogP contribution in [0.5, 0.6) is 0 Å². The molecule has 156 valence electrons. The van der Waals surface area contributed by atoms with Crippen molar-refractivity contribution in [2.75, 3.05) is 11.9 Å². The topological polar surface area (TPSA) is 72.5 Å². The Hall–Kier alpha value is -2.95. The van der Waals surface area contributed by atoms with Crippen molar-refractivity contribution in [2.45, 2.75) is 32.6 Å². The van der Waals surface area contributed by atoms with Crippen LogP contribution in [-0.2, 0) is 20.7 Å². The second-order valence-electron chi connectivity index (χ2n) is 8.32. The van der Waals surface area contributed by atoms with Crippen molar-refractivity contribution in [3.63, 3.8) is 0 Å². The van der Waals surface area contributed by atoms with Crippen LogP contribution >= 0.6 is 0 Å². The molecule has 0 radical (unpaired) electrons. The van der Waals surface area contributed by atoms with Crippen molar-refractivity contribution in [3.8, 4) is 0 Å². The average molecular weight is 405 g/mol. The van der Waals surface area contributed by atoms with E-state index in [1.807, 2.05) is 42.5 Å². The van der Waals surface area contributed by atoms with E-state index >= 15 is 0 Å². The second-order valence-corrected chi connectivity index (χ2v) is 8.32. The zero-order valence-corrected chi connectivity index (χ0v) is 17.2. The maximum atomic E-state index is 13.1. The van der Waals surface area contributed by atoms with Gasteiger partial charge in [-0.2, -0.15) is 0 Å². The van der Waals surface area contributed by atoms with Gasteiger partial charge >= 0.3 is 5.97 Å². The van der Waals surface area contributed by atoms with Crippen molar-refractivity contribution in [2.24, 2.45) is 23.7 Å². The predicted octanol–water partition coefficient (Wildman–Crippen LogP) is 4.28. The molecule has 30 heavy (non-hydrogen) atoms. The molecule has 4 atom stereocenters. The van der Waals surface area contributed by atoms with Gasteiger partial charge in [0.25, 0.3) is 5.91 Å². The number of nitrogens with one attached hydrogen (secondary N) is 1. The van der Waals surface area contributed by atoms with E-state index < -0.39 is 11.9 Å². The minimum atomic E-state index is -0.451. The number of carbonyl (C=O) groups is 3. The van der Waals surface area contributed by atoms with Crippen LogP contribution in [0.1, 0.15) is 42.1 Å². The third-order valence-corrected chi connectivity index (χ3v) is 6.54. The van der Waals surface area contributed by atoms with Gasteiger partial charge in [-0.15, -0.1) is 0 Å². The molecule has 2 aromatic carbocycles. The number of anilines is 1. The number of carbonyl (C=O) groups excluding carboxylic acids is 3. The zero-order valence-electron chi connectivity index (χ0n) is 17.2. The van der Waals surface area contributed by atoms with Crippen LogP contribution in [0.3, 0.4) is 0 Å². The molecule has 0 spiro atoms. The van der Waals surface area contributed by atoms with E-state index in [-0.39, 0.29) is 36.1 Å². The summed E-state index contributed by atoms with van der Waals surface area (Å²) in [4.78, 5) is 38.2. The van der Waals surface area contributed by atoms with E-state index in [9.17, 15) is 14.4 Å². The summed E-state index contributed by atoms with van der Waals surface area (Å²) in [5.41, 5.74) is 2.50. The van der Waals surface area contributed by atoms with Gasteiger partial charge in [0, 0.05) is 17.2 Å². The molecule has 2 fully saturated rings. The normalized spacial score (nSPS) is 24.4. The summed E-state index contributed by atoms with van der Waals surface area (Å²) in [5, 5.41) is 2.75. The maximum absolute atomic E-state index is 13.1. The molecule has 2 aromatic rings. The van der Waals surface area contributed by atoms with Crippen molar-refractivity contribution >= 4 is 23.3 Å². The molecule has 0 aromatic heterocycles. The Balaban J connectivity index is 1.38. The number of hydrogen-bond donors (Lipinski definition) is 1. The van der Waals surface area contributed by atoms with Crippen LogP contribution in [0.2, 0.25) is 0 Å². The number of ketones is 1. The number of benzene rings is 2. The van der Waals surface area contributed by atoms with Gasteiger partial charge in [0.05, 0.1) is 5.92 Å². The summed E-state index contributed by atoms with van der Waals surface area (Å²) in [6, 6.07) is 16.7. The first-order valence-electron chi connectivity index (χ1n) is 10.7. The first-order chi connectivity index (χ1) is 14.6. The molecule has 2 aliphatic rings. The van der Waals surface area contributed by atoms with Crippen molar-refractivity contribution < 1.29 is 19.1 Å². The molecule has 1 N–H and O–H groups in total. The zero-order chi connectivity index (χ0) is 21.1. The van der Waals surface area contributed by atoms with Gasteiger partial charge in [0.15, 0.2) is 12.4 Å². The summed E-state index contributed by atoms with van der Waals surface area (Å²) < 4.78 is 5.37. The lowest BCUT2D eigenvalue weighted by molar-refractivity contribution is -0.154. The first kappa shape index (κ1) is 20.3. The number of hydrogen-bond acceptors (Lipinski definition) is 4. The molecule has 5 nitrogen and oxygen atoms in total. The minimum Gasteiger partial charge on any atom is -0.455 e. The number of Topliss-reactive ketones (excluding diaryl/α,β-unsaturated/α-hetero) is 1. The quantitative estimate of drug-likeness (QED) is 0.551. The average Bonchev–Trinajstić information content (AvgIpc) is 3.40. The van der Waals surface area contributed by atoms with Crippen LogP contribution < -0.4 is 5.32 Å². The van der Waals surface area contributed by atoms with E-state index in [0.717, 1.165) is 25.7 Å². The van der Waals surface area contributed by atoms with E-state index in [2.05, 4.69) is 12.2 Å². The van der Waals surface area contributed by atoms with Crippen LogP contribution in [0, 0.1) is 23.7 Å². The highest BCUT2D eigenvalue weighted by atomic mass is 16.5. The van der Waals surface area contributed by atoms with Crippen LogP contribution in [0.15, 0.2) is 54.6 Å². The Morgan fingerprint density at radius 1 is 0.933 bits per heavy atom. The largest absolute Gasteiger partial charge is 0.455 e. The number of esters is 1. The Morgan fingerprint density at radius 2 is 1.60 bits per heavy atom. The third kappa shape index (κ3) is 4.16. The molecule has 4 rings (SSSR count). The van der Waals surface area contributed by atoms with E-state index in [1.165, 1.54) is 5.56 Å². The number of fused-ring (bicyclic) bond motifs is 2. The summed E-state index contributed by atoms with van der Waals surface area (Å²) in [7, 11) is 0. The maximum Gasteiger partial charge on any atom is 0.310 e. The number of amides is 1. The number of ether oxygens (including phenoxy) is 1. The lowest BCUT2D eigenvalue weighted by Crippen LogP contribution is -2.37. The molecular weight excluding hydrogens is 378 g/mol. The molecule has 2 saturated carbocycles. The van der Waals surface area contributed by atoms with Crippen LogP contribution in [0.4, 0.5) is 5.69 Å². The number of aryl methyl sites for hydroxylation is 1. The standard InChI is InChI=1S/C25H27NO4/c1-2-16-8-12-20(13-9-16)26-21(27)15-30-25(29)23-19-11-10-18(14-19)22(23)24(28)17-6-4-3-5-7-17/h3-9,12-13,18-19,22-23H,2,10-11,14-15H2,1H3,(H,26,27)/t18-,19+,22-,23-/m0/s1. The van der Waals surface area contributed by atoms with E-state index in [1.54, 1.807) is 12.1 Å². The Labute approximate surface area is 176 Å². The summed E-state index contributed by atoms with van der Waals surface area (Å²) in [5.74, 6) is -1.17. The van der Waals surface area contributed by atoms with Gasteiger partial charge in [-0.25, -0.2) is 0 Å². The van der Waals surface area contributed by atoms with Gasteiger partial charge in [-0.05, 0) is 55.2 Å². The molecule has 0 saturated heterocycles. The van der Waals surface area contributed by atoms with Crippen LogP contribution in [-0.4, -0.2) is 24.3 Å². The predicted molar refractivity (Wildman–Crippen MR) is 114 cm³/mol. The molecule has 0 aliphatic heterocycles. The number of rotatable bonds is 7. The summed E-state index contributed by atoms with van der Waals surface area (Å²) in [6.07, 6.45) is 3.74. The van der Waals surface area contributed by atoms with Crippen LogP contribution in [0.25, 0.3) is 0 Å². The van der Waals surface area contributed by atoms with Crippen molar-refractivity contribution in [1.82, 2.24) is 0 Å². The van der Waals surface area contributed by atoms with Gasteiger partial charge in [-0.3, -0.25) is 14.4 Å².